The second-order valence-electron chi connectivity index (χ2n) is 7.46. The molecule has 0 saturated carbocycles. The summed E-state index contributed by atoms with van der Waals surface area (Å²) in [7, 11) is 0. The van der Waals surface area contributed by atoms with Crippen LogP contribution in [-0.2, 0) is 11.2 Å². The van der Waals surface area contributed by atoms with Crippen molar-refractivity contribution in [2.24, 2.45) is 0 Å². The van der Waals surface area contributed by atoms with Crippen LogP contribution in [0.5, 0.6) is 0 Å². The Morgan fingerprint density at radius 3 is 2.86 bits per heavy atom. The molecule has 122 valence electrons. The standard InChI is InChI=1S/C17H27N3O2/c1-5-11-8-9-12-14(11)19-15(18-12)13-7-6-10-20(13)16(21)22-17(2,3)4/h11,13H,5-10H2,1-4H3,(H,18,19)/t11?,13-/m0/s1. The molecule has 1 aliphatic carbocycles. The van der Waals surface area contributed by atoms with Gasteiger partial charge in [-0.2, -0.15) is 0 Å². The first-order valence-corrected chi connectivity index (χ1v) is 8.47. The monoisotopic (exact) mass is 305 g/mol. The largest absolute Gasteiger partial charge is 0.444 e. The van der Waals surface area contributed by atoms with E-state index >= 15 is 0 Å². The van der Waals surface area contributed by atoms with Crippen LogP contribution < -0.4 is 0 Å². The Morgan fingerprint density at radius 1 is 1.41 bits per heavy atom. The SMILES string of the molecule is CCC1CCc2[nH]c([C@@H]3CCCN3C(=O)OC(C)(C)C)nc21. The Morgan fingerprint density at radius 2 is 2.18 bits per heavy atom. The summed E-state index contributed by atoms with van der Waals surface area (Å²) in [5.41, 5.74) is 2.05. The van der Waals surface area contributed by atoms with Crippen molar-refractivity contribution < 1.29 is 9.53 Å². The molecule has 0 bridgehead atoms. The van der Waals surface area contributed by atoms with Crippen LogP contribution in [-0.4, -0.2) is 33.1 Å². The van der Waals surface area contributed by atoms with Crippen LogP contribution in [0, 0.1) is 0 Å². The normalized spacial score (nSPS) is 24.6. The van der Waals surface area contributed by atoms with E-state index in [1.165, 1.54) is 17.8 Å². The quantitative estimate of drug-likeness (QED) is 0.901. The fourth-order valence-electron chi connectivity index (χ4n) is 3.57. The van der Waals surface area contributed by atoms with Gasteiger partial charge in [-0.15, -0.1) is 0 Å². The third-order valence-electron chi connectivity index (χ3n) is 4.65. The van der Waals surface area contributed by atoms with Gasteiger partial charge >= 0.3 is 6.09 Å². The van der Waals surface area contributed by atoms with Crippen LogP contribution in [0.4, 0.5) is 4.79 Å². The third kappa shape index (κ3) is 2.85. The number of aromatic amines is 1. The zero-order chi connectivity index (χ0) is 15.9. The smallest absolute Gasteiger partial charge is 0.410 e. The Hall–Kier alpha value is -1.52. The molecule has 1 aromatic heterocycles. The number of aromatic nitrogens is 2. The number of nitrogens with zero attached hydrogens (tertiary/aromatic N) is 2. The number of hydrogen-bond donors (Lipinski definition) is 1. The molecule has 1 aliphatic heterocycles. The molecule has 1 aromatic rings. The number of ether oxygens (including phenoxy) is 1. The number of hydrogen-bond acceptors (Lipinski definition) is 3. The second-order valence-corrected chi connectivity index (χ2v) is 7.46. The number of H-pyrrole nitrogens is 1. The number of carbonyl (C=O) groups is 1. The van der Waals surface area contributed by atoms with Gasteiger partial charge in [0.25, 0.3) is 0 Å². The molecule has 2 atom stereocenters. The van der Waals surface area contributed by atoms with E-state index in [4.69, 9.17) is 9.72 Å². The summed E-state index contributed by atoms with van der Waals surface area (Å²) in [6, 6.07) is 0.0398. The van der Waals surface area contributed by atoms with Gasteiger partial charge in [0.1, 0.15) is 11.4 Å². The average Bonchev–Trinajstić information content (AvgIpc) is 3.10. The van der Waals surface area contributed by atoms with E-state index in [1.807, 2.05) is 25.7 Å². The number of rotatable bonds is 2. The van der Waals surface area contributed by atoms with Crippen molar-refractivity contribution in [2.45, 2.75) is 77.4 Å². The molecule has 2 aliphatic rings. The van der Waals surface area contributed by atoms with Crippen molar-refractivity contribution in [3.05, 3.63) is 17.2 Å². The summed E-state index contributed by atoms with van der Waals surface area (Å²) in [4.78, 5) is 22.6. The van der Waals surface area contributed by atoms with Crippen LogP contribution in [0.15, 0.2) is 0 Å². The van der Waals surface area contributed by atoms with Crippen LogP contribution in [0.3, 0.4) is 0 Å². The third-order valence-corrected chi connectivity index (χ3v) is 4.65. The molecule has 5 nitrogen and oxygen atoms in total. The van der Waals surface area contributed by atoms with E-state index in [0.29, 0.717) is 5.92 Å². The van der Waals surface area contributed by atoms with E-state index in [9.17, 15) is 4.79 Å². The van der Waals surface area contributed by atoms with Crippen molar-refractivity contribution in [1.29, 1.82) is 0 Å². The van der Waals surface area contributed by atoms with E-state index in [0.717, 1.165) is 38.1 Å². The number of nitrogens with one attached hydrogen (secondary N) is 1. The number of amides is 1. The topological polar surface area (TPSA) is 58.2 Å². The highest BCUT2D eigenvalue weighted by Gasteiger charge is 2.36. The molecule has 2 heterocycles. The summed E-state index contributed by atoms with van der Waals surface area (Å²) >= 11 is 0. The molecule has 0 radical (unpaired) electrons. The van der Waals surface area contributed by atoms with Crippen molar-refractivity contribution in [2.75, 3.05) is 6.54 Å². The van der Waals surface area contributed by atoms with E-state index in [2.05, 4.69) is 11.9 Å². The predicted molar refractivity (Wildman–Crippen MR) is 84.9 cm³/mol. The molecule has 5 heteroatoms. The molecule has 1 unspecified atom stereocenters. The summed E-state index contributed by atoms with van der Waals surface area (Å²) < 4.78 is 5.54. The maximum Gasteiger partial charge on any atom is 0.410 e. The van der Waals surface area contributed by atoms with Gasteiger partial charge in [-0.25, -0.2) is 9.78 Å². The highest BCUT2D eigenvalue weighted by molar-refractivity contribution is 5.69. The number of likely N-dealkylation sites (tertiary alicyclic amines) is 1. The lowest BCUT2D eigenvalue weighted by Crippen LogP contribution is -2.36. The summed E-state index contributed by atoms with van der Waals surface area (Å²) in [6.07, 6.45) is 5.16. The molecule has 3 rings (SSSR count). The molecule has 1 fully saturated rings. The van der Waals surface area contributed by atoms with Crippen LogP contribution in [0.1, 0.15) is 82.6 Å². The minimum Gasteiger partial charge on any atom is -0.444 e. The van der Waals surface area contributed by atoms with Crippen LogP contribution >= 0.6 is 0 Å². The predicted octanol–water partition coefficient (Wildman–Crippen LogP) is 3.92. The highest BCUT2D eigenvalue weighted by atomic mass is 16.6. The molecule has 1 N–H and O–H groups in total. The number of aryl methyl sites for hydroxylation is 1. The minimum atomic E-state index is -0.456. The van der Waals surface area contributed by atoms with Gasteiger partial charge in [-0.3, -0.25) is 4.90 Å². The van der Waals surface area contributed by atoms with Gasteiger partial charge in [0.05, 0.1) is 11.7 Å². The first-order chi connectivity index (χ1) is 10.4. The molecule has 0 aromatic carbocycles. The molecular formula is C17H27N3O2. The summed E-state index contributed by atoms with van der Waals surface area (Å²) in [6.45, 7) is 8.69. The van der Waals surface area contributed by atoms with E-state index in [-0.39, 0.29) is 12.1 Å². The minimum absolute atomic E-state index is 0.0398. The van der Waals surface area contributed by atoms with Gasteiger partial charge in [-0.05, 0) is 52.9 Å². The van der Waals surface area contributed by atoms with Crippen molar-refractivity contribution in [3.63, 3.8) is 0 Å². The number of fused-ring (bicyclic) bond motifs is 1. The van der Waals surface area contributed by atoms with Crippen molar-refractivity contribution in [3.8, 4) is 0 Å². The maximum absolute atomic E-state index is 12.4. The Kier molecular flexibility index (Phi) is 3.91. The zero-order valence-electron chi connectivity index (χ0n) is 14.1. The molecule has 1 saturated heterocycles. The number of carbonyl (C=O) groups excluding carboxylic acids is 1. The Bertz CT molecular complexity index is 559. The van der Waals surface area contributed by atoms with Crippen molar-refractivity contribution in [1.82, 2.24) is 14.9 Å². The Labute approximate surface area is 132 Å². The first-order valence-electron chi connectivity index (χ1n) is 8.47. The van der Waals surface area contributed by atoms with Gasteiger partial charge in [-0.1, -0.05) is 6.92 Å². The summed E-state index contributed by atoms with van der Waals surface area (Å²) in [5.74, 6) is 1.53. The molecule has 22 heavy (non-hydrogen) atoms. The first kappa shape index (κ1) is 15.4. The van der Waals surface area contributed by atoms with Crippen LogP contribution in [0.2, 0.25) is 0 Å². The summed E-state index contributed by atoms with van der Waals surface area (Å²) in [5, 5.41) is 0. The van der Waals surface area contributed by atoms with Crippen LogP contribution in [0.25, 0.3) is 0 Å². The second kappa shape index (κ2) is 5.60. The lowest BCUT2D eigenvalue weighted by Gasteiger charge is -2.27. The zero-order valence-corrected chi connectivity index (χ0v) is 14.1. The molecule has 1 amide bonds. The average molecular weight is 305 g/mol. The molecule has 0 spiro atoms. The van der Waals surface area contributed by atoms with Gasteiger partial charge in [0, 0.05) is 18.2 Å². The van der Waals surface area contributed by atoms with Gasteiger partial charge < -0.3 is 9.72 Å². The number of imidazole rings is 1. The fourth-order valence-corrected chi connectivity index (χ4v) is 3.57. The van der Waals surface area contributed by atoms with E-state index < -0.39 is 5.60 Å². The van der Waals surface area contributed by atoms with Gasteiger partial charge in [0.15, 0.2) is 0 Å². The maximum atomic E-state index is 12.4. The van der Waals surface area contributed by atoms with E-state index in [1.54, 1.807) is 0 Å². The lowest BCUT2D eigenvalue weighted by atomic mass is 10.1. The Balaban J connectivity index is 1.78. The molecular weight excluding hydrogens is 278 g/mol. The van der Waals surface area contributed by atoms with Crippen molar-refractivity contribution >= 4 is 6.09 Å². The lowest BCUT2D eigenvalue weighted by molar-refractivity contribution is 0.0218. The van der Waals surface area contributed by atoms with Gasteiger partial charge in [0.2, 0.25) is 0 Å². The highest BCUT2D eigenvalue weighted by Crippen LogP contribution is 2.38. The fraction of sp³-hybridized carbons (Fsp3) is 0.765.